The molecule has 7 nitrogen and oxygen atoms in total. The highest BCUT2D eigenvalue weighted by atomic mass is 16.5. The van der Waals surface area contributed by atoms with Gasteiger partial charge in [-0.2, -0.15) is 5.10 Å². The SMILES string of the molecule is CCc1nn(C)c(CC)c1CNC(=NC)N1CCc2cc(OC)c(OC)cc2C1. The van der Waals surface area contributed by atoms with Gasteiger partial charge in [0.1, 0.15) is 0 Å². The third-order valence-electron chi connectivity index (χ3n) is 5.68. The van der Waals surface area contributed by atoms with Crippen LogP contribution < -0.4 is 14.8 Å². The van der Waals surface area contributed by atoms with Crippen molar-refractivity contribution in [2.24, 2.45) is 12.0 Å². The second-order valence-electron chi connectivity index (χ2n) is 7.25. The van der Waals surface area contributed by atoms with Crippen molar-refractivity contribution in [2.45, 2.75) is 46.2 Å². The summed E-state index contributed by atoms with van der Waals surface area (Å²) in [7, 11) is 7.23. The standard InChI is InChI=1S/C22H33N5O2/c1-7-18-17(19(8-2)26(4)25-18)13-24-22(23-3)27-10-9-15-11-20(28-5)21(29-6)12-16(15)14-27/h11-12H,7-10,13-14H2,1-6H3,(H,23,24). The van der Waals surface area contributed by atoms with Crippen LogP contribution in [0.15, 0.2) is 17.1 Å². The number of fused-ring (bicyclic) bond motifs is 1. The van der Waals surface area contributed by atoms with Gasteiger partial charge in [0.2, 0.25) is 0 Å². The number of ether oxygens (including phenoxy) is 2. The van der Waals surface area contributed by atoms with Gasteiger partial charge < -0.3 is 19.7 Å². The Morgan fingerprint density at radius 1 is 1.14 bits per heavy atom. The van der Waals surface area contributed by atoms with Gasteiger partial charge in [0, 0.05) is 45.0 Å². The number of aliphatic imine (C=N–C) groups is 1. The van der Waals surface area contributed by atoms with E-state index in [9.17, 15) is 0 Å². The normalized spacial score (nSPS) is 14.0. The Kier molecular flexibility index (Phi) is 6.67. The summed E-state index contributed by atoms with van der Waals surface area (Å²) in [5, 5.41) is 8.25. The zero-order valence-electron chi connectivity index (χ0n) is 18.5. The van der Waals surface area contributed by atoms with Crippen molar-refractivity contribution < 1.29 is 9.47 Å². The Morgan fingerprint density at radius 3 is 2.41 bits per heavy atom. The maximum absolute atomic E-state index is 5.48. The van der Waals surface area contributed by atoms with Gasteiger partial charge in [0.25, 0.3) is 0 Å². The molecule has 1 aliphatic rings. The summed E-state index contributed by atoms with van der Waals surface area (Å²) in [5.74, 6) is 2.47. The van der Waals surface area contributed by atoms with Gasteiger partial charge in [-0.05, 0) is 42.5 Å². The highest BCUT2D eigenvalue weighted by Gasteiger charge is 2.22. The van der Waals surface area contributed by atoms with E-state index in [1.165, 1.54) is 22.4 Å². The number of benzene rings is 1. The lowest BCUT2D eigenvalue weighted by Gasteiger charge is -2.32. The van der Waals surface area contributed by atoms with E-state index >= 15 is 0 Å². The third-order valence-corrected chi connectivity index (χ3v) is 5.68. The number of nitrogens with one attached hydrogen (secondary N) is 1. The van der Waals surface area contributed by atoms with Gasteiger partial charge >= 0.3 is 0 Å². The smallest absolute Gasteiger partial charge is 0.194 e. The molecule has 0 saturated heterocycles. The first kappa shape index (κ1) is 21.0. The molecule has 0 bridgehead atoms. The van der Waals surface area contributed by atoms with Crippen LogP contribution in [-0.4, -0.2) is 48.5 Å². The van der Waals surface area contributed by atoms with E-state index in [2.05, 4.69) is 46.3 Å². The number of aromatic nitrogens is 2. The van der Waals surface area contributed by atoms with Crippen molar-refractivity contribution in [1.29, 1.82) is 0 Å². The molecular formula is C22H33N5O2. The molecule has 0 unspecified atom stereocenters. The van der Waals surface area contributed by atoms with Crippen LogP contribution in [0.5, 0.6) is 11.5 Å². The molecule has 158 valence electrons. The minimum absolute atomic E-state index is 0.738. The van der Waals surface area contributed by atoms with Crippen molar-refractivity contribution in [3.63, 3.8) is 0 Å². The second-order valence-corrected chi connectivity index (χ2v) is 7.25. The van der Waals surface area contributed by atoms with Crippen LogP contribution in [0.4, 0.5) is 0 Å². The Morgan fingerprint density at radius 2 is 1.83 bits per heavy atom. The van der Waals surface area contributed by atoms with Crippen LogP contribution in [-0.2, 0) is 39.4 Å². The van der Waals surface area contributed by atoms with E-state index in [1.54, 1.807) is 14.2 Å². The Labute approximate surface area is 173 Å². The molecule has 1 aromatic heterocycles. The predicted octanol–water partition coefficient (Wildman–Crippen LogP) is 2.70. The van der Waals surface area contributed by atoms with Crippen LogP contribution in [0.3, 0.4) is 0 Å². The van der Waals surface area contributed by atoms with E-state index in [4.69, 9.17) is 9.47 Å². The lowest BCUT2D eigenvalue weighted by Crippen LogP contribution is -2.43. The molecule has 2 aromatic rings. The molecule has 0 saturated carbocycles. The third kappa shape index (κ3) is 4.18. The summed E-state index contributed by atoms with van der Waals surface area (Å²) in [6.07, 6.45) is 2.85. The van der Waals surface area contributed by atoms with Crippen LogP contribution in [0.25, 0.3) is 0 Å². The van der Waals surface area contributed by atoms with Gasteiger partial charge in [0.15, 0.2) is 17.5 Å². The van der Waals surface area contributed by atoms with Gasteiger partial charge in [-0.1, -0.05) is 13.8 Å². The van der Waals surface area contributed by atoms with E-state index in [0.29, 0.717) is 0 Å². The van der Waals surface area contributed by atoms with Crippen molar-refractivity contribution in [2.75, 3.05) is 27.8 Å². The largest absolute Gasteiger partial charge is 0.493 e. The molecule has 1 aromatic carbocycles. The molecule has 3 rings (SSSR count). The van der Waals surface area contributed by atoms with Gasteiger partial charge in [-0.3, -0.25) is 9.67 Å². The molecule has 0 amide bonds. The highest BCUT2D eigenvalue weighted by molar-refractivity contribution is 5.80. The molecule has 1 N–H and O–H groups in total. The molecular weight excluding hydrogens is 366 g/mol. The van der Waals surface area contributed by atoms with Crippen LogP contribution in [0, 0.1) is 0 Å². The van der Waals surface area contributed by atoms with Crippen molar-refractivity contribution in [3.05, 3.63) is 40.2 Å². The molecule has 0 radical (unpaired) electrons. The number of methoxy groups -OCH3 is 2. The molecule has 2 heterocycles. The minimum atomic E-state index is 0.738. The molecule has 0 aliphatic carbocycles. The minimum Gasteiger partial charge on any atom is -0.493 e. The van der Waals surface area contributed by atoms with Crippen LogP contribution >= 0.6 is 0 Å². The molecule has 1 aliphatic heterocycles. The lowest BCUT2D eigenvalue weighted by atomic mass is 9.99. The summed E-state index contributed by atoms with van der Waals surface area (Å²) in [4.78, 5) is 6.84. The zero-order valence-corrected chi connectivity index (χ0v) is 18.5. The van der Waals surface area contributed by atoms with E-state index in [0.717, 1.165) is 62.0 Å². The highest BCUT2D eigenvalue weighted by Crippen LogP contribution is 2.33. The first-order chi connectivity index (χ1) is 14.1. The fraction of sp³-hybridized carbons (Fsp3) is 0.545. The first-order valence-corrected chi connectivity index (χ1v) is 10.3. The summed E-state index contributed by atoms with van der Waals surface area (Å²) >= 11 is 0. The molecule has 0 spiro atoms. The fourth-order valence-corrected chi connectivity index (χ4v) is 4.16. The number of nitrogens with zero attached hydrogens (tertiary/aromatic N) is 4. The molecule has 29 heavy (non-hydrogen) atoms. The maximum Gasteiger partial charge on any atom is 0.194 e. The average Bonchev–Trinajstić information content (AvgIpc) is 3.07. The van der Waals surface area contributed by atoms with Gasteiger partial charge in [-0.15, -0.1) is 0 Å². The average molecular weight is 400 g/mol. The number of hydrogen-bond acceptors (Lipinski definition) is 4. The fourth-order valence-electron chi connectivity index (χ4n) is 4.16. The van der Waals surface area contributed by atoms with Gasteiger partial charge in [0.05, 0.1) is 19.9 Å². The summed E-state index contributed by atoms with van der Waals surface area (Å²) in [6, 6.07) is 4.18. The van der Waals surface area contributed by atoms with Gasteiger partial charge in [-0.25, -0.2) is 0 Å². The Bertz CT molecular complexity index is 888. The zero-order chi connectivity index (χ0) is 21.0. The van der Waals surface area contributed by atoms with E-state index in [1.807, 2.05) is 18.8 Å². The van der Waals surface area contributed by atoms with E-state index in [-0.39, 0.29) is 0 Å². The van der Waals surface area contributed by atoms with Crippen molar-refractivity contribution >= 4 is 5.96 Å². The monoisotopic (exact) mass is 399 g/mol. The number of hydrogen-bond donors (Lipinski definition) is 1. The Hall–Kier alpha value is -2.70. The number of guanidine groups is 1. The van der Waals surface area contributed by atoms with Crippen LogP contribution in [0.2, 0.25) is 0 Å². The van der Waals surface area contributed by atoms with E-state index < -0.39 is 0 Å². The first-order valence-electron chi connectivity index (χ1n) is 10.3. The summed E-state index contributed by atoms with van der Waals surface area (Å²) in [6.45, 7) is 6.78. The molecule has 7 heteroatoms. The maximum atomic E-state index is 5.48. The number of aryl methyl sites for hydroxylation is 2. The van der Waals surface area contributed by atoms with Crippen molar-refractivity contribution in [3.8, 4) is 11.5 Å². The molecule has 0 atom stereocenters. The number of rotatable bonds is 6. The second kappa shape index (κ2) is 9.20. The van der Waals surface area contributed by atoms with Crippen LogP contribution in [0.1, 0.15) is 41.9 Å². The summed E-state index contributed by atoms with van der Waals surface area (Å²) in [5.41, 5.74) is 6.30. The molecule has 0 fully saturated rings. The topological polar surface area (TPSA) is 63.9 Å². The quantitative estimate of drug-likeness (QED) is 0.598. The Balaban J connectivity index is 1.76. The lowest BCUT2D eigenvalue weighted by molar-refractivity contribution is 0.346. The van der Waals surface area contributed by atoms with Crippen molar-refractivity contribution in [1.82, 2.24) is 20.0 Å². The predicted molar refractivity (Wildman–Crippen MR) is 116 cm³/mol. The summed E-state index contributed by atoms with van der Waals surface area (Å²) < 4.78 is 12.9.